The third-order valence-electron chi connectivity index (χ3n) is 3.53. The molecule has 2 rings (SSSR count). The minimum atomic E-state index is -0.949. The van der Waals surface area contributed by atoms with E-state index in [1.165, 1.54) is 4.90 Å². The van der Waals surface area contributed by atoms with Gasteiger partial charge < -0.3 is 10.0 Å². The quantitative estimate of drug-likeness (QED) is 0.675. The number of piperidine rings is 1. The van der Waals surface area contributed by atoms with Gasteiger partial charge in [-0.2, -0.15) is 0 Å². The maximum absolute atomic E-state index is 13.8. The maximum atomic E-state index is 13.8. The van der Waals surface area contributed by atoms with Crippen molar-refractivity contribution in [2.75, 3.05) is 13.1 Å². The van der Waals surface area contributed by atoms with Gasteiger partial charge in [-0.25, -0.2) is 4.39 Å². The lowest BCUT2D eigenvalue weighted by Crippen LogP contribution is -2.40. The topological polar surface area (TPSA) is 101 Å². The van der Waals surface area contributed by atoms with Gasteiger partial charge in [0.05, 0.1) is 22.5 Å². The minimum absolute atomic E-state index is 0.228. The molecule has 21 heavy (non-hydrogen) atoms. The molecule has 0 radical (unpaired) electrons. The van der Waals surface area contributed by atoms with Crippen molar-refractivity contribution in [1.29, 1.82) is 0 Å². The second-order valence-corrected chi connectivity index (χ2v) is 4.83. The van der Waals surface area contributed by atoms with Crippen LogP contribution in [-0.2, 0) is 4.79 Å². The fourth-order valence-electron chi connectivity index (χ4n) is 2.29. The molecule has 0 aromatic heterocycles. The monoisotopic (exact) mass is 296 g/mol. The van der Waals surface area contributed by atoms with E-state index in [9.17, 15) is 24.1 Å². The average Bonchev–Trinajstić information content (AvgIpc) is 2.46. The van der Waals surface area contributed by atoms with Gasteiger partial charge in [-0.3, -0.25) is 19.7 Å². The first-order valence-corrected chi connectivity index (χ1v) is 6.36. The van der Waals surface area contributed by atoms with Crippen LogP contribution in [0.25, 0.3) is 0 Å². The van der Waals surface area contributed by atoms with Gasteiger partial charge in [0, 0.05) is 19.2 Å². The van der Waals surface area contributed by atoms with Crippen LogP contribution in [0.5, 0.6) is 0 Å². The van der Waals surface area contributed by atoms with E-state index in [2.05, 4.69) is 0 Å². The molecule has 7 nitrogen and oxygen atoms in total. The number of non-ortho nitro benzene ring substituents is 1. The Bertz CT molecular complexity index is 596. The van der Waals surface area contributed by atoms with Gasteiger partial charge in [0.2, 0.25) is 0 Å². The third-order valence-corrected chi connectivity index (χ3v) is 3.53. The van der Waals surface area contributed by atoms with Crippen molar-refractivity contribution < 1.29 is 24.0 Å². The number of benzene rings is 1. The molecule has 1 fully saturated rings. The number of nitro benzene ring substituents is 1. The summed E-state index contributed by atoms with van der Waals surface area (Å²) in [5, 5.41) is 19.4. The average molecular weight is 296 g/mol. The third kappa shape index (κ3) is 3.15. The molecule has 0 aliphatic carbocycles. The van der Waals surface area contributed by atoms with Gasteiger partial charge >= 0.3 is 5.97 Å². The second-order valence-electron chi connectivity index (χ2n) is 4.83. The van der Waals surface area contributed by atoms with Crippen LogP contribution in [0, 0.1) is 21.8 Å². The van der Waals surface area contributed by atoms with Gasteiger partial charge in [0.15, 0.2) is 0 Å². The molecule has 1 aromatic carbocycles. The summed E-state index contributed by atoms with van der Waals surface area (Å²) in [5.74, 6) is -2.92. The number of carbonyl (C=O) groups excluding carboxylic acids is 1. The molecular formula is C13H13FN2O5. The van der Waals surface area contributed by atoms with Crippen molar-refractivity contribution in [3.63, 3.8) is 0 Å². The Morgan fingerprint density at radius 2 is 1.95 bits per heavy atom. The highest BCUT2D eigenvalue weighted by Gasteiger charge is 2.29. The zero-order valence-corrected chi connectivity index (χ0v) is 11.0. The number of halogens is 1. The summed E-state index contributed by atoms with van der Waals surface area (Å²) in [6.07, 6.45) is 0.630. The Balaban J connectivity index is 2.11. The van der Waals surface area contributed by atoms with Crippen LogP contribution in [0.1, 0.15) is 23.2 Å². The Kier molecular flexibility index (Phi) is 4.15. The van der Waals surface area contributed by atoms with Crippen molar-refractivity contribution in [3.8, 4) is 0 Å². The lowest BCUT2D eigenvalue weighted by atomic mass is 9.96. The number of carboxylic acid groups (broad SMARTS) is 1. The van der Waals surface area contributed by atoms with Gasteiger partial charge in [0.25, 0.3) is 11.6 Å². The van der Waals surface area contributed by atoms with Crippen molar-refractivity contribution in [3.05, 3.63) is 39.7 Å². The summed E-state index contributed by atoms with van der Waals surface area (Å²) in [5.41, 5.74) is -0.664. The smallest absolute Gasteiger partial charge is 0.306 e. The molecule has 1 amide bonds. The molecule has 1 heterocycles. The lowest BCUT2D eigenvalue weighted by Gasteiger charge is -2.30. The van der Waals surface area contributed by atoms with Gasteiger partial charge in [-0.05, 0) is 18.9 Å². The molecule has 0 spiro atoms. The molecule has 1 aliphatic rings. The van der Waals surface area contributed by atoms with Crippen LogP contribution in [0.2, 0.25) is 0 Å². The predicted octanol–water partition coefficient (Wildman–Crippen LogP) is 1.67. The molecule has 0 saturated carbocycles. The van der Waals surface area contributed by atoms with Crippen molar-refractivity contribution in [1.82, 2.24) is 4.90 Å². The standard InChI is InChI=1S/C13H13FN2O5/c14-11-7-9(16(20)21)1-2-10(11)12(17)15-5-3-8(4-6-15)13(18)19/h1-2,7-8H,3-6H2,(H,18,19). The van der Waals surface area contributed by atoms with Gasteiger partial charge in [-0.1, -0.05) is 0 Å². The van der Waals surface area contributed by atoms with E-state index < -0.39 is 34.2 Å². The Morgan fingerprint density at radius 1 is 1.33 bits per heavy atom. The van der Waals surface area contributed by atoms with E-state index in [1.807, 2.05) is 0 Å². The number of aliphatic carboxylic acids is 1. The summed E-state index contributed by atoms with van der Waals surface area (Å²) >= 11 is 0. The SMILES string of the molecule is O=C(O)C1CCN(C(=O)c2ccc([N+](=O)[O-])cc2F)CC1. The highest BCUT2D eigenvalue weighted by Crippen LogP contribution is 2.22. The van der Waals surface area contributed by atoms with Crippen LogP contribution in [-0.4, -0.2) is 39.9 Å². The largest absolute Gasteiger partial charge is 0.481 e. The molecule has 0 bridgehead atoms. The second kappa shape index (κ2) is 5.86. The van der Waals surface area contributed by atoms with E-state index in [1.54, 1.807) is 0 Å². The first kappa shape index (κ1) is 14.9. The van der Waals surface area contributed by atoms with E-state index in [0.717, 1.165) is 12.1 Å². The first-order valence-electron chi connectivity index (χ1n) is 6.36. The molecule has 8 heteroatoms. The Hall–Kier alpha value is -2.51. The van der Waals surface area contributed by atoms with Crippen LogP contribution in [0.15, 0.2) is 18.2 Å². The summed E-state index contributed by atoms with van der Waals surface area (Å²) in [6.45, 7) is 0.457. The number of amides is 1. The minimum Gasteiger partial charge on any atom is -0.481 e. The van der Waals surface area contributed by atoms with E-state index in [-0.39, 0.29) is 18.7 Å². The molecule has 0 atom stereocenters. The maximum Gasteiger partial charge on any atom is 0.306 e. The Morgan fingerprint density at radius 3 is 2.43 bits per heavy atom. The van der Waals surface area contributed by atoms with E-state index in [0.29, 0.717) is 18.9 Å². The summed E-state index contributed by atoms with van der Waals surface area (Å²) in [7, 11) is 0. The van der Waals surface area contributed by atoms with Crippen molar-refractivity contribution >= 4 is 17.6 Å². The Labute approximate surface area is 119 Å². The number of rotatable bonds is 3. The van der Waals surface area contributed by atoms with Crippen molar-refractivity contribution in [2.24, 2.45) is 5.92 Å². The summed E-state index contributed by atoms with van der Waals surface area (Å²) < 4.78 is 13.8. The molecule has 1 N–H and O–H groups in total. The number of nitrogens with zero attached hydrogens (tertiary/aromatic N) is 2. The molecule has 1 saturated heterocycles. The number of hydrogen-bond donors (Lipinski definition) is 1. The van der Waals surface area contributed by atoms with Gasteiger partial charge in [-0.15, -0.1) is 0 Å². The molecule has 0 unspecified atom stereocenters. The van der Waals surface area contributed by atoms with Crippen molar-refractivity contribution in [2.45, 2.75) is 12.8 Å². The van der Waals surface area contributed by atoms with Crippen LogP contribution < -0.4 is 0 Å². The normalized spacial score (nSPS) is 15.8. The number of likely N-dealkylation sites (tertiary alicyclic amines) is 1. The lowest BCUT2D eigenvalue weighted by molar-refractivity contribution is -0.385. The molecular weight excluding hydrogens is 283 g/mol. The zero-order chi connectivity index (χ0) is 15.6. The number of nitro groups is 1. The highest BCUT2D eigenvalue weighted by molar-refractivity contribution is 5.94. The molecule has 112 valence electrons. The highest BCUT2D eigenvalue weighted by atomic mass is 19.1. The number of carbonyl (C=O) groups is 2. The molecule has 1 aliphatic heterocycles. The molecule has 1 aromatic rings. The summed E-state index contributed by atoms with van der Waals surface area (Å²) in [4.78, 5) is 34.1. The predicted molar refractivity (Wildman–Crippen MR) is 69.3 cm³/mol. The number of carboxylic acids is 1. The first-order chi connectivity index (χ1) is 9.90. The van der Waals surface area contributed by atoms with E-state index >= 15 is 0 Å². The van der Waals surface area contributed by atoms with E-state index in [4.69, 9.17) is 5.11 Å². The van der Waals surface area contributed by atoms with Crippen LogP contribution in [0.3, 0.4) is 0 Å². The number of hydrogen-bond acceptors (Lipinski definition) is 4. The summed E-state index contributed by atoms with van der Waals surface area (Å²) in [6, 6.07) is 2.86. The zero-order valence-electron chi connectivity index (χ0n) is 11.0. The van der Waals surface area contributed by atoms with Crippen LogP contribution in [0.4, 0.5) is 10.1 Å². The fourth-order valence-corrected chi connectivity index (χ4v) is 2.29. The van der Waals surface area contributed by atoms with Crippen LogP contribution >= 0.6 is 0 Å². The van der Waals surface area contributed by atoms with Gasteiger partial charge in [0.1, 0.15) is 5.82 Å². The fraction of sp³-hybridized carbons (Fsp3) is 0.385.